The van der Waals surface area contributed by atoms with Gasteiger partial charge in [0.1, 0.15) is 6.61 Å². The molecule has 3 rings (SSSR count). The monoisotopic (exact) mass is 359 g/mol. The van der Waals surface area contributed by atoms with Gasteiger partial charge in [-0.3, -0.25) is 14.4 Å². The molecule has 0 spiro atoms. The minimum Gasteiger partial charge on any atom is -0.478 e. The van der Waals surface area contributed by atoms with Crippen molar-refractivity contribution in [3.63, 3.8) is 0 Å². The van der Waals surface area contributed by atoms with Crippen LogP contribution in [0.3, 0.4) is 0 Å². The first kappa shape index (κ1) is 18.3. The van der Waals surface area contributed by atoms with Crippen LogP contribution in [0.5, 0.6) is 5.88 Å². The Kier molecular flexibility index (Phi) is 6.19. The van der Waals surface area contributed by atoms with Crippen LogP contribution in [0.4, 0.5) is 0 Å². The summed E-state index contributed by atoms with van der Waals surface area (Å²) in [5.41, 5.74) is 3.19. The molecule has 0 bridgehead atoms. The molecule has 0 atom stereocenters. The van der Waals surface area contributed by atoms with Crippen LogP contribution in [0.25, 0.3) is 0 Å². The predicted molar refractivity (Wildman–Crippen MR) is 95.5 cm³/mol. The number of pyridine rings is 1. The highest BCUT2D eigenvalue weighted by Gasteiger charge is 2.18. The van der Waals surface area contributed by atoms with Crippen LogP contribution < -0.4 is 10.1 Å². The number of methoxy groups -OCH3 is 1. The second-order valence-corrected chi connectivity index (χ2v) is 6.21. The Labute approximate surface area is 153 Å². The molecule has 1 amide bonds. The maximum absolute atomic E-state index is 11.5. The lowest BCUT2D eigenvalue weighted by Gasteiger charge is -2.27. The summed E-state index contributed by atoms with van der Waals surface area (Å²) in [6.07, 6.45) is 1.87. The third-order valence-electron chi connectivity index (χ3n) is 4.17. The summed E-state index contributed by atoms with van der Waals surface area (Å²) in [6, 6.07) is 6.02. The van der Waals surface area contributed by atoms with Crippen LogP contribution in [0, 0.1) is 0 Å². The molecule has 2 aromatic heterocycles. The van der Waals surface area contributed by atoms with E-state index >= 15 is 0 Å². The summed E-state index contributed by atoms with van der Waals surface area (Å²) in [5.74, 6) is 0.524. The molecule has 3 heterocycles. The zero-order valence-corrected chi connectivity index (χ0v) is 15.3. The molecule has 0 unspecified atom stereocenters. The van der Waals surface area contributed by atoms with E-state index in [0.29, 0.717) is 19.0 Å². The molecule has 8 nitrogen and oxygen atoms in total. The van der Waals surface area contributed by atoms with Crippen molar-refractivity contribution < 1.29 is 14.3 Å². The molecule has 8 heteroatoms. The van der Waals surface area contributed by atoms with Crippen LogP contribution in [0.1, 0.15) is 23.9 Å². The van der Waals surface area contributed by atoms with Gasteiger partial charge in [-0.2, -0.15) is 5.10 Å². The van der Waals surface area contributed by atoms with Crippen molar-refractivity contribution in [1.29, 1.82) is 0 Å². The molecule has 26 heavy (non-hydrogen) atoms. The highest BCUT2D eigenvalue weighted by atomic mass is 16.5. The SMILES string of the molecule is CCOc1ccc(CN2CCn3nc(CNC(=O)COC)cc3C2)cn1. The molecule has 1 N–H and O–H groups in total. The van der Waals surface area contributed by atoms with Crippen molar-refractivity contribution in [2.45, 2.75) is 33.1 Å². The van der Waals surface area contributed by atoms with E-state index in [1.165, 1.54) is 7.11 Å². The van der Waals surface area contributed by atoms with E-state index in [-0.39, 0.29) is 12.5 Å². The standard InChI is InChI=1S/C18H25N5O3/c1-3-26-18-5-4-14(9-20-18)11-22-6-7-23-16(12-22)8-15(21-23)10-19-17(24)13-25-2/h4-5,8-9H,3,6-7,10-13H2,1-2H3,(H,19,24). The molecule has 0 saturated carbocycles. The van der Waals surface area contributed by atoms with Gasteiger partial charge in [-0.15, -0.1) is 0 Å². The minimum atomic E-state index is -0.136. The van der Waals surface area contributed by atoms with E-state index in [2.05, 4.69) is 32.4 Å². The van der Waals surface area contributed by atoms with E-state index in [0.717, 1.165) is 43.1 Å². The van der Waals surface area contributed by atoms with Gasteiger partial charge in [0, 0.05) is 39.0 Å². The molecule has 0 saturated heterocycles. The fraction of sp³-hybridized carbons (Fsp3) is 0.500. The smallest absolute Gasteiger partial charge is 0.246 e. The Hall–Kier alpha value is -2.45. The van der Waals surface area contributed by atoms with Crippen molar-refractivity contribution in [3.8, 4) is 5.88 Å². The first-order valence-corrected chi connectivity index (χ1v) is 8.79. The Balaban J connectivity index is 1.54. The second kappa shape index (κ2) is 8.77. The van der Waals surface area contributed by atoms with Crippen LogP contribution in [-0.2, 0) is 35.7 Å². The summed E-state index contributed by atoms with van der Waals surface area (Å²) in [4.78, 5) is 18.2. The average Bonchev–Trinajstić information content (AvgIpc) is 3.04. The molecule has 0 aromatic carbocycles. The summed E-state index contributed by atoms with van der Waals surface area (Å²) < 4.78 is 12.2. The fourth-order valence-electron chi connectivity index (χ4n) is 2.97. The number of rotatable bonds is 8. The van der Waals surface area contributed by atoms with E-state index in [4.69, 9.17) is 9.47 Å². The molecule has 2 aromatic rings. The zero-order valence-electron chi connectivity index (χ0n) is 15.3. The van der Waals surface area contributed by atoms with Gasteiger partial charge in [-0.25, -0.2) is 4.98 Å². The maximum Gasteiger partial charge on any atom is 0.246 e. The van der Waals surface area contributed by atoms with E-state index in [1.807, 2.05) is 23.9 Å². The van der Waals surface area contributed by atoms with Crippen LogP contribution >= 0.6 is 0 Å². The van der Waals surface area contributed by atoms with E-state index in [9.17, 15) is 4.79 Å². The number of hydrogen-bond donors (Lipinski definition) is 1. The van der Waals surface area contributed by atoms with Gasteiger partial charge >= 0.3 is 0 Å². The minimum absolute atomic E-state index is 0.0669. The van der Waals surface area contributed by atoms with Crippen LogP contribution in [-0.4, -0.2) is 52.4 Å². The van der Waals surface area contributed by atoms with Gasteiger partial charge in [0.25, 0.3) is 0 Å². The van der Waals surface area contributed by atoms with Gasteiger partial charge in [0.15, 0.2) is 0 Å². The molecule has 1 aliphatic rings. The quantitative estimate of drug-likeness (QED) is 0.756. The number of aromatic nitrogens is 3. The third kappa shape index (κ3) is 4.80. The topological polar surface area (TPSA) is 81.5 Å². The number of nitrogens with one attached hydrogen (secondary N) is 1. The van der Waals surface area contributed by atoms with Crippen LogP contribution in [0.2, 0.25) is 0 Å². The molecular weight excluding hydrogens is 334 g/mol. The Morgan fingerprint density at radius 3 is 2.96 bits per heavy atom. The maximum atomic E-state index is 11.5. The lowest BCUT2D eigenvalue weighted by Crippen LogP contribution is -2.33. The molecular formula is C18H25N5O3. The second-order valence-electron chi connectivity index (χ2n) is 6.21. The highest BCUT2D eigenvalue weighted by molar-refractivity contribution is 5.77. The first-order chi connectivity index (χ1) is 12.7. The number of fused-ring (bicyclic) bond motifs is 1. The predicted octanol–water partition coefficient (Wildman–Crippen LogP) is 0.955. The van der Waals surface area contributed by atoms with Crippen molar-refractivity contribution in [2.24, 2.45) is 0 Å². The average molecular weight is 359 g/mol. The van der Waals surface area contributed by atoms with Gasteiger partial charge in [-0.1, -0.05) is 6.07 Å². The number of hydrogen-bond acceptors (Lipinski definition) is 6. The molecule has 140 valence electrons. The van der Waals surface area contributed by atoms with Gasteiger partial charge in [0.05, 0.1) is 31.1 Å². The van der Waals surface area contributed by atoms with Gasteiger partial charge in [-0.05, 0) is 18.6 Å². The van der Waals surface area contributed by atoms with Crippen molar-refractivity contribution in [2.75, 3.05) is 26.9 Å². The van der Waals surface area contributed by atoms with Crippen molar-refractivity contribution in [3.05, 3.63) is 41.3 Å². The summed E-state index contributed by atoms with van der Waals surface area (Å²) in [6.45, 7) is 6.49. The Morgan fingerprint density at radius 1 is 1.35 bits per heavy atom. The Morgan fingerprint density at radius 2 is 2.23 bits per heavy atom. The Bertz CT molecular complexity index is 729. The lowest BCUT2D eigenvalue weighted by molar-refractivity contribution is -0.124. The number of carbonyl (C=O) groups is 1. The molecule has 0 fully saturated rings. The summed E-state index contributed by atoms with van der Waals surface area (Å²) in [7, 11) is 1.50. The van der Waals surface area contributed by atoms with E-state index < -0.39 is 0 Å². The van der Waals surface area contributed by atoms with Crippen molar-refractivity contribution >= 4 is 5.91 Å². The number of nitrogens with zero attached hydrogens (tertiary/aromatic N) is 4. The molecule has 0 aliphatic carbocycles. The lowest BCUT2D eigenvalue weighted by atomic mass is 10.2. The highest BCUT2D eigenvalue weighted by Crippen LogP contribution is 2.17. The number of amides is 1. The van der Waals surface area contributed by atoms with Gasteiger partial charge < -0.3 is 14.8 Å². The summed E-state index contributed by atoms with van der Waals surface area (Å²) in [5, 5.41) is 7.36. The van der Waals surface area contributed by atoms with E-state index in [1.54, 1.807) is 0 Å². The summed E-state index contributed by atoms with van der Waals surface area (Å²) >= 11 is 0. The van der Waals surface area contributed by atoms with Crippen LogP contribution in [0.15, 0.2) is 24.4 Å². The zero-order chi connectivity index (χ0) is 18.4. The third-order valence-corrected chi connectivity index (χ3v) is 4.17. The largest absolute Gasteiger partial charge is 0.478 e. The molecule has 1 aliphatic heterocycles. The number of ether oxygens (including phenoxy) is 2. The molecule has 0 radical (unpaired) electrons. The number of carbonyl (C=O) groups excluding carboxylic acids is 1. The normalized spacial score (nSPS) is 14.1. The van der Waals surface area contributed by atoms with Gasteiger partial charge in [0.2, 0.25) is 11.8 Å². The first-order valence-electron chi connectivity index (χ1n) is 8.79. The van der Waals surface area contributed by atoms with Crippen molar-refractivity contribution in [1.82, 2.24) is 25.0 Å². The fourth-order valence-corrected chi connectivity index (χ4v) is 2.97.